The number of ether oxygens (including phenoxy) is 2. The summed E-state index contributed by atoms with van der Waals surface area (Å²) in [7, 11) is 0. The van der Waals surface area contributed by atoms with Gasteiger partial charge in [0.2, 0.25) is 0 Å². The van der Waals surface area contributed by atoms with Gasteiger partial charge in [-0.2, -0.15) is 11.8 Å². The van der Waals surface area contributed by atoms with Crippen molar-refractivity contribution in [3.05, 3.63) is 95.4 Å². The van der Waals surface area contributed by atoms with Crippen molar-refractivity contribution in [2.45, 2.75) is 51.9 Å². The quantitative estimate of drug-likeness (QED) is 0.181. The Morgan fingerprint density at radius 3 is 2.76 bits per heavy atom. The van der Waals surface area contributed by atoms with Crippen LogP contribution in [0.4, 0.5) is 8.78 Å². The van der Waals surface area contributed by atoms with Crippen molar-refractivity contribution in [2.75, 3.05) is 18.1 Å². The number of carboxylic acid groups (broad SMARTS) is 1. The number of benzene rings is 3. The highest BCUT2D eigenvalue weighted by atomic mass is 32.2. The van der Waals surface area contributed by atoms with E-state index in [0.717, 1.165) is 53.0 Å². The Hall–Kier alpha value is -4.31. The molecule has 0 aliphatic carbocycles. The lowest BCUT2D eigenvalue weighted by Gasteiger charge is -2.32. The first-order chi connectivity index (χ1) is 22.0. The van der Waals surface area contributed by atoms with Gasteiger partial charge < -0.3 is 24.5 Å². The molecule has 5 aromatic rings. The van der Waals surface area contributed by atoms with E-state index in [1.165, 1.54) is 18.2 Å². The first-order valence-electron chi connectivity index (χ1n) is 15.4. The Labute approximate surface area is 270 Å². The summed E-state index contributed by atoms with van der Waals surface area (Å²) in [4.78, 5) is 22.2. The number of thioether (sulfide) groups is 1. The molecule has 7 nitrogen and oxygen atoms in total. The van der Waals surface area contributed by atoms with Gasteiger partial charge in [-0.05, 0) is 85.1 Å². The second-order valence-electron chi connectivity index (χ2n) is 12.9. The molecule has 0 amide bonds. The van der Waals surface area contributed by atoms with Crippen LogP contribution in [0.5, 0.6) is 17.2 Å². The van der Waals surface area contributed by atoms with E-state index in [4.69, 9.17) is 14.6 Å². The molecule has 0 saturated carbocycles. The maximum absolute atomic E-state index is 15.5. The van der Waals surface area contributed by atoms with Crippen LogP contribution in [0, 0.1) is 17.0 Å². The van der Waals surface area contributed by atoms with Crippen molar-refractivity contribution in [1.29, 1.82) is 0 Å². The molecule has 0 radical (unpaired) electrons. The number of halogens is 2. The zero-order chi connectivity index (χ0) is 32.5. The van der Waals surface area contributed by atoms with Crippen molar-refractivity contribution < 1.29 is 28.2 Å². The molecule has 0 spiro atoms. The number of rotatable bonds is 4. The summed E-state index contributed by atoms with van der Waals surface area (Å²) in [6, 6.07) is 15.1. The Morgan fingerprint density at radius 1 is 1.09 bits per heavy atom. The number of hydrogen-bond donors (Lipinski definition) is 3. The maximum atomic E-state index is 15.5. The van der Waals surface area contributed by atoms with Crippen LogP contribution >= 0.6 is 11.8 Å². The van der Waals surface area contributed by atoms with Crippen LogP contribution in [0.3, 0.4) is 0 Å². The predicted octanol–water partition coefficient (Wildman–Crippen LogP) is 8.88. The number of H-pyrrole nitrogens is 2. The summed E-state index contributed by atoms with van der Waals surface area (Å²) in [5.41, 5.74) is 2.85. The average molecular weight is 646 g/mol. The summed E-state index contributed by atoms with van der Waals surface area (Å²) in [5, 5.41) is 10.0. The number of aryl methyl sites for hydroxylation is 1. The smallest absolute Gasteiger partial charge is 0.341 e. The fourth-order valence-corrected chi connectivity index (χ4v) is 7.40. The van der Waals surface area contributed by atoms with Crippen LogP contribution < -0.4 is 9.47 Å². The molecule has 1 unspecified atom stereocenters. The van der Waals surface area contributed by atoms with Crippen LogP contribution in [-0.4, -0.2) is 44.1 Å². The van der Waals surface area contributed by atoms with Crippen LogP contribution in [0.15, 0.2) is 67.0 Å². The highest BCUT2D eigenvalue weighted by Crippen LogP contribution is 2.42. The van der Waals surface area contributed by atoms with Gasteiger partial charge in [0.15, 0.2) is 18.2 Å². The molecule has 46 heavy (non-hydrogen) atoms. The molecule has 0 saturated heterocycles. The van der Waals surface area contributed by atoms with Crippen LogP contribution in [0.2, 0.25) is 0 Å². The molecule has 1 atom stereocenters. The number of nitrogens with one attached hydrogen (secondary N) is 2. The van der Waals surface area contributed by atoms with Gasteiger partial charge >= 0.3 is 5.97 Å². The first kappa shape index (κ1) is 31.7. The van der Waals surface area contributed by atoms with E-state index >= 15 is 8.78 Å². The molecule has 3 N–H and O–H groups in total. The monoisotopic (exact) mass is 645 g/mol. The number of carbonyl (C=O) groups is 1. The van der Waals surface area contributed by atoms with Gasteiger partial charge in [0.25, 0.3) is 0 Å². The number of fused-ring (bicyclic) bond motifs is 8. The lowest BCUT2D eigenvalue weighted by atomic mass is 9.74. The molecule has 240 valence electrons. The summed E-state index contributed by atoms with van der Waals surface area (Å²) < 4.78 is 42.6. The Balaban J connectivity index is 1.43. The Morgan fingerprint density at radius 2 is 1.93 bits per heavy atom. The molecular formula is C36H37F2N3O4S. The fraction of sp³-hybridized carbons (Fsp3) is 0.333. The lowest BCUT2D eigenvalue weighted by Crippen LogP contribution is -2.26. The molecule has 6 rings (SSSR count). The van der Waals surface area contributed by atoms with Crippen molar-refractivity contribution in [3.63, 3.8) is 0 Å². The second-order valence-corrected chi connectivity index (χ2v) is 14.0. The minimum absolute atomic E-state index is 0.0356. The molecule has 3 heterocycles. The number of aromatic amines is 2. The van der Waals surface area contributed by atoms with Gasteiger partial charge in [0, 0.05) is 46.0 Å². The van der Waals surface area contributed by atoms with Crippen molar-refractivity contribution in [3.8, 4) is 28.6 Å². The minimum atomic E-state index is -1.05. The third-order valence-corrected chi connectivity index (χ3v) is 10.3. The Bertz CT molecular complexity index is 1880. The number of imidazole rings is 1. The minimum Gasteiger partial charge on any atom is -0.482 e. The molecule has 4 bridgehead atoms. The number of aliphatic carboxylic acids is 1. The zero-order valence-electron chi connectivity index (χ0n) is 26.1. The zero-order valence-corrected chi connectivity index (χ0v) is 26.9. The number of hydrogen-bond acceptors (Lipinski definition) is 5. The molecule has 0 fully saturated rings. The number of carboxylic acids is 1. The third-order valence-electron chi connectivity index (χ3n) is 8.80. The first-order valence-corrected chi connectivity index (χ1v) is 16.5. The Kier molecular flexibility index (Phi) is 8.83. The topological polar surface area (TPSA) is 100 Å². The van der Waals surface area contributed by atoms with E-state index in [-0.39, 0.29) is 16.7 Å². The predicted molar refractivity (Wildman–Crippen MR) is 177 cm³/mol. The highest BCUT2D eigenvalue weighted by Gasteiger charge is 2.33. The number of aromatic nitrogens is 3. The van der Waals surface area contributed by atoms with Crippen molar-refractivity contribution in [1.82, 2.24) is 15.0 Å². The maximum Gasteiger partial charge on any atom is 0.341 e. The van der Waals surface area contributed by atoms with Crippen molar-refractivity contribution >= 4 is 28.6 Å². The summed E-state index contributed by atoms with van der Waals surface area (Å²) in [6.07, 6.45) is 6.74. The largest absolute Gasteiger partial charge is 0.482 e. The SMILES string of the molecule is CC1(C)CCCC(C)(c2cccc(OCC(=O)O)c2)c2cnc([nH]2)-c2cc(ccc2F)Oc2c(F)cc3[nH]ccc3c2CCSC1. The molecule has 10 heteroatoms. The van der Waals surface area contributed by atoms with Gasteiger partial charge in [-0.1, -0.05) is 32.4 Å². The number of nitrogens with zero attached hydrogens (tertiary/aromatic N) is 1. The van der Waals surface area contributed by atoms with Gasteiger partial charge in [0.05, 0.1) is 5.56 Å². The summed E-state index contributed by atoms with van der Waals surface area (Å²) in [5.74, 6) is 0.901. The van der Waals surface area contributed by atoms with Crippen LogP contribution in [0.1, 0.15) is 56.9 Å². The van der Waals surface area contributed by atoms with Gasteiger partial charge in [0.1, 0.15) is 23.1 Å². The highest BCUT2D eigenvalue weighted by molar-refractivity contribution is 7.99. The summed E-state index contributed by atoms with van der Waals surface area (Å²) in [6.45, 7) is 6.20. The molecular weight excluding hydrogens is 608 g/mol. The standard InChI is InChI=1S/C36H37F2N3O4S/c1-35(2)12-5-13-36(3,22-6-4-7-23(16-22)44-20-32(42)43)31-19-40-34(41-31)27-17-24(8-9-28(27)37)45-33-26(11-15-46-21-35)25-10-14-39-30(25)18-29(33)38/h4,6-10,14,16-19,39H,5,11-13,15,20-21H2,1-3H3,(H,40,41)(H,42,43). The fourth-order valence-electron chi connectivity index (χ4n) is 6.21. The molecule has 3 aromatic carbocycles. The molecule has 1 aliphatic heterocycles. The van der Waals surface area contributed by atoms with E-state index in [1.54, 1.807) is 24.5 Å². The second kappa shape index (κ2) is 12.8. The van der Waals surface area contributed by atoms with E-state index in [9.17, 15) is 4.79 Å². The summed E-state index contributed by atoms with van der Waals surface area (Å²) >= 11 is 1.84. The van der Waals surface area contributed by atoms with Gasteiger partial charge in [-0.25, -0.2) is 18.6 Å². The molecule has 1 aliphatic rings. The van der Waals surface area contributed by atoms with Crippen LogP contribution in [-0.2, 0) is 16.6 Å². The van der Waals surface area contributed by atoms with E-state index in [1.807, 2.05) is 36.0 Å². The normalized spacial score (nSPS) is 18.6. The average Bonchev–Trinajstić information content (AvgIpc) is 3.70. The van der Waals surface area contributed by atoms with Crippen LogP contribution in [0.25, 0.3) is 22.3 Å². The van der Waals surface area contributed by atoms with E-state index < -0.39 is 29.6 Å². The third kappa shape index (κ3) is 6.63. The molecule has 2 aromatic heterocycles. The van der Waals surface area contributed by atoms with Gasteiger partial charge in [-0.3, -0.25) is 0 Å². The van der Waals surface area contributed by atoms with Crippen molar-refractivity contribution in [2.24, 2.45) is 5.41 Å². The van der Waals surface area contributed by atoms with Gasteiger partial charge in [-0.15, -0.1) is 0 Å². The lowest BCUT2D eigenvalue weighted by molar-refractivity contribution is -0.139. The van der Waals surface area contributed by atoms with E-state index in [2.05, 4.69) is 35.7 Å². The van der Waals surface area contributed by atoms with E-state index in [0.29, 0.717) is 29.3 Å².